The van der Waals surface area contributed by atoms with Crippen molar-refractivity contribution in [3.8, 4) is 11.3 Å². The van der Waals surface area contributed by atoms with Crippen molar-refractivity contribution in [2.75, 3.05) is 11.1 Å². The number of halogens is 4. The van der Waals surface area contributed by atoms with E-state index in [1.807, 2.05) is 0 Å². The van der Waals surface area contributed by atoms with Crippen molar-refractivity contribution in [2.45, 2.75) is 13.1 Å². The van der Waals surface area contributed by atoms with E-state index in [9.17, 15) is 22.4 Å². The van der Waals surface area contributed by atoms with Crippen LogP contribution >= 0.6 is 0 Å². The summed E-state index contributed by atoms with van der Waals surface area (Å²) in [4.78, 5) is 16.2. The zero-order chi connectivity index (χ0) is 20.6. The minimum absolute atomic E-state index is 0.0745. The number of hydrogen-bond donors (Lipinski definition) is 2. The standard InChI is InChI=1S/C18H15F4N5O/c1-9-3-4-10(7-12(9)19)17(28)25-15-6-5-11(16(23)24-15)13-8-14(18(20,21)22)26-27(13)2/h3-8H,1-2H3,(H3,23,24,25,28). The van der Waals surface area contributed by atoms with Gasteiger partial charge in [0.1, 0.15) is 17.5 Å². The molecule has 1 amide bonds. The summed E-state index contributed by atoms with van der Waals surface area (Å²) < 4.78 is 53.1. The first kappa shape index (κ1) is 19.3. The summed E-state index contributed by atoms with van der Waals surface area (Å²) >= 11 is 0. The van der Waals surface area contributed by atoms with Crippen LogP contribution in [0.1, 0.15) is 21.6 Å². The summed E-state index contributed by atoms with van der Waals surface area (Å²) in [7, 11) is 1.35. The molecule has 2 aromatic heterocycles. The van der Waals surface area contributed by atoms with Crippen LogP contribution in [0.25, 0.3) is 11.3 Å². The van der Waals surface area contributed by atoms with Gasteiger partial charge in [0.15, 0.2) is 5.69 Å². The predicted molar refractivity (Wildman–Crippen MR) is 94.9 cm³/mol. The smallest absolute Gasteiger partial charge is 0.383 e. The molecule has 0 saturated heterocycles. The molecule has 0 saturated carbocycles. The lowest BCUT2D eigenvalue weighted by molar-refractivity contribution is -0.141. The number of carbonyl (C=O) groups excluding carboxylic acids is 1. The summed E-state index contributed by atoms with van der Waals surface area (Å²) in [5, 5.41) is 5.90. The van der Waals surface area contributed by atoms with E-state index in [0.29, 0.717) is 5.56 Å². The van der Waals surface area contributed by atoms with E-state index in [0.717, 1.165) is 16.8 Å². The van der Waals surface area contributed by atoms with E-state index in [2.05, 4.69) is 15.4 Å². The van der Waals surface area contributed by atoms with E-state index in [-0.39, 0.29) is 28.5 Å². The second-order valence-corrected chi connectivity index (χ2v) is 6.08. The SMILES string of the molecule is Cc1ccc(C(=O)Nc2ccc(-c3cc(C(F)(F)F)nn3C)c(N)n2)cc1F. The summed E-state index contributed by atoms with van der Waals surface area (Å²) in [5.74, 6) is -1.14. The van der Waals surface area contributed by atoms with E-state index in [1.165, 1.54) is 31.3 Å². The molecule has 2 heterocycles. The van der Waals surface area contributed by atoms with Crippen molar-refractivity contribution in [1.82, 2.24) is 14.8 Å². The topological polar surface area (TPSA) is 85.8 Å². The number of nitrogens with one attached hydrogen (secondary N) is 1. The van der Waals surface area contributed by atoms with Crippen LogP contribution in [0.15, 0.2) is 36.4 Å². The lowest BCUT2D eigenvalue weighted by Gasteiger charge is -2.09. The minimum Gasteiger partial charge on any atom is -0.383 e. The van der Waals surface area contributed by atoms with Crippen LogP contribution in [0.3, 0.4) is 0 Å². The lowest BCUT2D eigenvalue weighted by Crippen LogP contribution is -2.14. The summed E-state index contributed by atoms with van der Waals surface area (Å²) in [6, 6.07) is 7.69. The summed E-state index contributed by atoms with van der Waals surface area (Å²) in [5.41, 5.74) is 5.64. The maximum Gasteiger partial charge on any atom is 0.435 e. The Labute approximate surface area is 157 Å². The number of alkyl halides is 3. The molecule has 1 aromatic carbocycles. The maximum atomic E-state index is 13.6. The van der Waals surface area contributed by atoms with Crippen molar-refractivity contribution in [2.24, 2.45) is 7.05 Å². The number of benzene rings is 1. The van der Waals surface area contributed by atoms with Crippen molar-refractivity contribution in [3.05, 3.63) is 59.0 Å². The molecule has 3 N–H and O–H groups in total. The highest BCUT2D eigenvalue weighted by Gasteiger charge is 2.35. The first-order chi connectivity index (χ1) is 13.1. The fourth-order valence-corrected chi connectivity index (χ4v) is 2.54. The molecule has 0 aliphatic rings. The largest absolute Gasteiger partial charge is 0.435 e. The Balaban J connectivity index is 1.86. The zero-order valence-electron chi connectivity index (χ0n) is 14.8. The monoisotopic (exact) mass is 393 g/mol. The number of amides is 1. The van der Waals surface area contributed by atoms with Gasteiger partial charge in [-0.15, -0.1) is 0 Å². The molecular formula is C18H15F4N5O. The Bertz CT molecular complexity index is 1060. The Kier molecular flexibility index (Phi) is 4.80. The molecule has 0 unspecified atom stereocenters. The minimum atomic E-state index is -4.59. The third-order valence-electron chi connectivity index (χ3n) is 4.05. The number of carbonyl (C=O) groups is 1. The van der Waals surface area contributed by atoms with Crippen molar-refractivity contribution < 1.29 is 22.4 Å². The van der Waals surface area contributed by atoms with Gasteiger partial charge in [-0.05, 0) is 42.8 Å². The van der Waals surface area contributed by atoms with Crippen LogP contribution in [0.2, 0.25) is 0 Å². The second-order valence-electron chi connectivity index (χ2n) is 6.08. The third-order valence-corrected chi connectivity index (χ3v) is 4.05. The Hall–Kier alpha value is -3.43. The number of aromatic nitrogens is 3. The molecule has 3 aromatic rings. The van der Waals surface area contributed by atoms with E-state index in [1.54, 1.807) is 6.92 Å². The normalized spacial score (nSPS) is 11.5. The average Bonchev–Trinajstić information content (AvgIpc) is 2.99. The van der Waals surface area contributed by atoms with Gasteiger partial charge in [-0.2, -0.15) is 18.3 Å². The zero-order valence-corrected chi connectivity index (χ0v) is 14.8. The van der Waals surface area contributed by atoms with Crippen LogP contribution in [0, 0.1) is 12.7 Å². The fraction of sp³-hybridized carbons (Fsp3) is 0.167. The Morgan fingerprint density at radius 1 is 1.18 bits per heavy atom. The molecule has 0 bridgehead atoms. The summed E-state index contributed by atoms with van der Waals surface area (Å²) in [6.45, 7) is 1.57. The van der Waals surface area contributed by atoms with Crippen LogP contribution < -0.4 is 11.1 Å². The van der Waals surface area contributed by atoms with E-state index < -0.39 is 23.6 Å². The van der Waals surface area contributed by atoms with Gasteiger partial charge in [0.05, 0.1) is 5.69 Å². The second kappa shape index (κ2) is 6.95. The molecule has 10 heteroatoms. The average molecular weight is 393 g/mol. The molecule has 0 atom stereocenters. The molecule has 146 valence electrons. The first-order valence-electron chi connectivity index (χ1n) is 8.02. The maximum absolute atomic E-state index is 13.6. The molecule has 0 aliphatic carbocycles. The number of nitrogens with zero attached hydrogens (tertiary/aromatic N) is 3. The van der Waals surface area contributed by atoms with Crippen molar-refractivity contribution in [3.63, 3.8) is 0 Å². The summed E-state index contributed by atoms with van der Waals surface area (Å²) in [6.07, 6.45) is -4.59. The number of nitrogen functional groups attached to an aromatic ring is 1. The van der Waals surface area contributed by atoms with Crippen LogP contribution in [-0.2, 0) is 13.2 Å². The van der Waals surface area contributed by atoms with Crippen LogP contribution in [-0.4, -0.2) is 20.7 Å². The number of aryl methyl sites for hydroxylation is 2. The highest BCUT2D eigenvalue weighted by atomic mass is 19.4. The molecule has 0 radical (unpaired) electrons. The molecule has 0 fully saturated rings. The van der Waals surface area contributed by atoms with Crippen LogP contribution in [0.5, 0.6) is 0 Å². The highest BCUT2D eigenvalue weighted by Crippen LogP contribution is 2.33. The molecule has 0 spiro atoms. The van der Waals surface area contributed by atoms with E-state index >= 15 is 0 Å². The van der Waals surface area contributed by atoms with Gasteiger partial charge in [0, 0.05) is 18.2 Å². The lowest BCUT2D eigenvalue weighted by atomic mass is 10.1. The number of nitrogens with two attached hydrogens (primary N) is 1. The molecule has 0 aliphatic heterocycles. The van der Waals surface area contributed by atoms with Gasteiger partial charge >= 0.3 is 6.18 Å². The van der Waals surface area contributed by atoms with Gasteiger partial charge < -0.3 is 11.1 Å². The highest BCUT2D eigenvalue weighted by molar-refractivity contribution is 6.04. The van der Waals surface area contributed by atoms with Crippen molar-refractivity contribution >= 4 is 17.5 Å². The Morgan fingerprint density at radius 2 is 1.89 bits per heavy atom. The fourth-order valence-electron chi connectivity index (χ4n) is 2.54. The predicted octanol–water partition coefficient (Wildman–Crippen LogP) is 3.78. The van der Waals surface area contributed by atoms with Gasteiger partial charge in [0.2, 0.25) is 0 Å². The number of hydrogen-bond acceptors (Lipinski definition) is 4. The van der Waals surface area contributed by atoms with Crippen molar-refractivity contribution in [1.29, 1.82) is 0 Å². The van der Waals surface area contributed by atoms with E-state index in [4.69, 9.17) is 5.73 Å². The number of pyridine rings is 1. The van der Waals surface area contributed by atoms with Gasteiger partial charge in [-0.25, -0.2) is 9.37 Å². The molecule has 28 heavy (non-hydrogen) atoms. The number of rotatable bonds is 3. The molecular weight excluding hydrogens is 378 g/mol. The quantitative estimate of drug-likeness (QED) is 0.663. The van der Waals surface area contributed by atoms with Gasteiger partial charge in [-0.1, -0.05) is 6.07 Å². The number of anilines is 2. The first-order valence-corrected chi connectivity index (χ1v) is 8.02. The third kappa shape index (κ3) is 3.80. The van der Waals surface area contributed by atoms with Gasteiger partial charge in [0.25, 0.3) is 5.91 Å². The Morgan fingerprint density at radius 3 is 2.46 bits per heavy atom. The molecule has 6 nitrogen and oxygen atoms in total. The molecule has 3 rings (SSSR count). The van der Waals surface area contributed by atoms with Gasteiger partial charge in [-0.3, -0.25) is 9.48 Å². The van der Waals surface area contributed by atoms with Crippen LogP contribution in [0.4, 0.5) is 29.2 Å².